The SMILES string of the molecule is CC(C)C1CCC(C)(CC#N)O1. The van der Waals surface area contributed by atoms with Crippen molar-refractivity contribution in [2.45, 2.75) is 51.7 Å². The summed E-state index contributed by atoms with van der Waals surface area (Å²) in [5.41, 5.74) is -0.163. The predicted octanol–water partition coefficient (Wildman–Crippen LogP) is 2.49. The third-order valence-electron chi connectivity index (χ3n) is 2.59. The fraction of sp³-hybridized carbons (Fsp3) is 0.900. The molecule has 1 aliphatic rings. The van der Waals surface area contributed by atoms with E-state index in [1.54, 1.807) is 0 Å². The molecule has 0 amide bonds. The molecule has 12 heavy (non-hydrogen) atoms. The quantitative estimate of drug-likeness (QED) is 0.633. The number of nitriles is 1. The first-order valence-electron chi connectivity index (χ1n) is 4.62. The van der Waals surface area contributed by atoms with Crippen LogP contribution in [0.4, 0.5) is 0 Å². The first-order valence-corrected chi connectivity index (χ1v) is 4.62. The van der Waals surface area contributed by atoms with Gasteiger partial charge in [-0.05, 0) is 25.7 Å². The van der Waals surface area contributed by atoms with Crippen molar-refractivity contribution in [2.75, 3.05) is 0 Å². The maximum absolute atomic E-state index is 8.59. The minimum Gasteiger partial charge on any atom is -0.371 e. The lowest BCUT2D eigenvalue weighted by atomic mass is 9.97. The van der Waals surface area contributed by atoms with Crippen LogP contribution in [0, 0.1) is 17.2 Å². The summed E-state index contributed by atoms with van der Waals surface area (Å²) in [6.45, 7) is 6.38. The number of nitrogens with zero attached hydrogens (tertiary/aromatic N) is 1. The second-order valence-corrected chi connectivity index (χ2v) is 4.22. The van der Waals surface area contributed by atoms with Gasteiger partial charge >= 0.3 is 0 Å². The van der Waals surface area contributed by atoms with E-state index in [2.05, 4.69) is 19.9 Å². The molecular formula is C10H17NO. The summed E-state index contributed by atoms with van der Waals surface area (Å²) in [5.74, 6) is 0.575. The van der Waals surface area contributed by atoms with Crippen LogP contribution < -0.4 is 0 Å². The molecule has 1 fully saturated rings. The highest BCUT2D eigenvalue weighted by Gasteiger charge is 2.36. The van der Waals surface area contributed by atoms with E-state index in [1.807, 2.05) is 6.92 Å². The van der Waals surface area contributed by atoms with Crippen LogP contribution in [0.25, 0.3) is 0 Å². The summed E-state index contributed by atoms with van der Waals surface area (Å²) >= 11 is 0. The van der Waals surface area contributed by atoms with Gasteiger partial charge in [0.15, 0.2) is 0 Å². The Morgan fingerprint density at radius 3 is 2.75 bits per heavy atom. The minimum atomic E-state index is -0.163. The first-order chi connectivity index (χ1) is 5.57. The minimum absolute atomic E-state index is 0.163. The Bertz CT molecular complexity index is 195. The monoisotopic (exact) mass is 167 g/mol. The molecule has 2 nitrogen and oxygen atoms in total. The largest absolute Gasteiger partial charge is 0.371 e. The highest BCUT2D eigenvalue weighted by molar-refractivity contribution is 4.92. The molecule has 0 saturated carbocycles. The molecule has 2 unspecified atom stereocenters. The van der Waals surface area contributed by atoms with E-state index >= 15 is 0 Å². The number of rotatable bonds is 2. The average Bonchev–Trinajstić information content (AvgIpc) is 2.33. The van der Waals surface area contributed by atoms with Gasteiger partial charge in [0.05, 0.1) is 24.2 Å². The van der Waals surface area contributed by atoms with Crippen molar-refractivity contribution in [1.82, 2.24) is 0 Å². The van der Waals surface area contributed by atoms with Gasteiger partial charge in [-0.2, -0.15) is 5.26 Å². The van der Waals surface area contributed by atoms with Crippen LogP contribution in [-0.4, -0.2) is 11.7 Å². The van der Waals surface area contributed by atoms with E-state index in [9.17, 15) is 0 Å². The zero-order valence-corrected chi connectivity index (χ0v) is 8.13. The normalized spacial score (nSPS) is 35.4. The summed E-state index contributed by atoms with van der Waals surface area (Å²) in [6.07, 6.45) is 3.03. The van der Waals surface area contributed by atoms with Crippen molar-refractivity contribution in [1.29, 1.82) is 5.26 Å². The highest BCUT2D eigenvalue weighted by atomic mass is 16.5. The molecule has 1 heterocycles. The van der Waals surface area contributed by atoms with E-state index < -0.39 is 0 Å². The Morgan fingerprint density at radius 1 is 1.67 bits per heavy atom. The summed E-state index contributed by atoms with van der Waals surface area (Å²) in [5, 5.41) is 8.59. The molecule has 0 aliphatic carbocycles. The maximum atomic E-state index is 8.59. The van der Waals surface area contributed by atoms with Crippen LogP contribution in [0.5, 0.6) is 0 Å². The standard InChI is InChI=1S/C10H17NO/c1-8(2)9-4-5-10(3,12-9)6-7-11/h8-9H,4-6H2,1-3H3. The maximum Gasteiger partial charge on any atom is 0.0788 e. The molecule has 0 aromatic heterocycles. The molecule has 1 saturated heterocycles. The second-order valence-electron chi connectivity index (χ2n) is 4.22. The van der Waals surface area contributed by atoms with Gasteiger partial charge in [0.25, 0.3) is 0 Å². The second kappa shape index (κ2) is 3.45. The Balaban J connectivity index is 2.50. The van der Waals surface area contributed by atoms with Gasteiger partial charge in [-0.15, -0.1) is 0 Å². The van der Waals surface area contributed by atoms with E-state index in [0.29, 0.717) is 18.4 Å². The van der Waals surface area contributed by atoms with E-state index in [0.717, 1.165) is 12.8 Å². The van der Waals surface area contributed by atoms with Crippen molar-refractivity contribution < 1.29 is 4.74 Å². The van der Waals surface area contributed by atoms with E-state index in [-0.39, 0.29) is 5.60 Å². The Labute approximate surface area is 74.5 Å². The molecule has 1 aliphatic heterocycles. The third kappa shape index (κ3) is 1.98. The zero-order valence-electron chi connectivity index (χ0n) is 8.13. The molecule has 2 atom stereocenters. The fourth-order valence-corrected chi connectivity index (χ4v) is 1.70. The molecule has 0 radical (unpaired) electrons. The topological polar surface area (TPSA) is 33.0 Å². The number of hydrogen-bond donors (Lipinski definition) is 0. The van der Waals surface area contributed by atoms with Crippen molar-refractivity contribution >= 4 is 0 Å². The third-order valence-corrected chi connectivity index (χ3v) is 2.59. The van der Waals surface area contributed by atoms with Crippen molar-refractivity contribution in [3.8, 4) is 6.07 Å². The average molecular weight is 167 g/mol. The predicted molar refractivity (Wildman–Crippen MR) is 47.6 cm³/mol. The van der Waals surface area contributed by atoms with Crippen LogP contribution in [0.15, 0.2) is 0 Å². The lowest BCUT2D eigenvalue weighted by molar-refractivity contribution is -0.0428. The molecule has 0 N–H and O–H groups in total. The lowest BCUT2D eigenvalue weighted by Gasteiger charge is -2.23. The van der Waals surface area contributed by atoms with E-state index in [4.69, 9.17) is 10.00 Å². The van der Waals surface area contributed by atoms with Crippen LogP contribution >= 0.6 is 0 Å². The van der Waals surface area contributed by atoms with Gasteiger partial charge in [0.1, 0.15) is 0 Å². The molecule has 0 aromatic carbocycles. The van der Waals surface area contributed by atoms with Gasteiger partial charge in [-0.25, -0.2) is 0 Å². The molecule has 68 valence electrons. The summed E-state index contributed by atoms with van der Waals surface area (Å²) in [6, 6.07) is 2.18. The molecule has 0 bridgehead atoms. The van der Waals surface area contributed by atoms with Gasteiger partial charge < -0.3 is 4.74 Å². The van der Waals surface area contributed by atoms with Gasteiger partial charge in [-0.3, -0.25) is 0 Å². The highest BCUT2D eigenvalue weighted by Crippen LogP contribution is 2.35. The number of hydrogen-bond acceptors (Lipinski definition) is 2. The smallest absolute Gasteiger partial charge is 0.0788 e. The Hall–Kier alpha value is -0.550. The van der Waals surface area contributed by atoms with Crippen molar-refractivity contribution in [2.24, 2.45) is 5.92 Å². The Morgan fingerprint density at radius 2 is 2.33 bits per heavy atom. The van der Waals surface area contributed by atoms with Crippen LogP contribution in [0.1, 0.15) is 40.0 Å². The van der Waals surface area contributed by atoms with Gasteiger partial charge in [0.2, 0.25) is 0 Å². The first kappa shape index (κ1) is 9.54. The van der Waals surface area contributed by atoms with Gasteiger partial charge in [-0.1, -0.05) is 13.8 Å². The summed E-state index contributed by atoms with van der Waals surface area (Å²) < 4.78 is 5.83. The molecule has 1 rings (SSSR count). The zero-order chi connectivity index (χ0) is 9.19. The molecular weight excluding hydrogens is 150 g/mol. The Kier molecular flexibility index (Phi) is 2.74. The van der Waals surface area contributed by atoms with Crippen LogP contribution in [-0.2, 0) is 4.74 Å². The lowest BCUT2D eigenvalue weighted by Crippen LogP contribution is -2.26. The van der Waals surface area contributed by atoms with Gasteiger partial charge in [0, 0.05) is 0 Å². The molecule has 0 aromatic rings. The van der Waals surface area contributed by atoms with Crippen molar-refractivity contribution in [3.63, 3.8) is 0 Å². The molecule has 2 heteroatoms. The van der Waals surface area contributed by atoms with Crippen LogP contribution in [0.2, 0.25) is 0 Å². The van der Waals surface area contributed by atoms with E-state index in [1.165, 1.54) is 0 Å². The fourth-order valence-electron chi connectivity index (χ4n) is 1.70. The summed E-state index contributed by atoms with van der Waals surface area (Å²) in [7, 11) is 0. The molecule has 0 spiro atoms. The van der Waals surface area contributed by atoms with Crippen LogP contribution in [0.3, 0.4) is 0 Å². The number of ether oxygens (including phenoxy) is 1. The summed E-state index contributed by atoms with van der Waals surface area (Å²) in [4.78, 5) is 0. The van der Waals surface area contributed by atoms with Crippen molar-refractivity contribution in [3.05, 3.63) is 0 Å².